The smallest absolute Gasteiger partial charge is 0.0833 e. The molecule has 1 aromatic carbocycles. The second kappa shape index (κ2) is 4.31. The summed E-state index contributed by atoms with van der Waals surface area (Å²) in [4.78, 5) is 0. The standard InChI is InChI=1S/C10H15N3S/c1-14-10-8(11)9(12-13-10)7-5-3-2-4-6-7/h2-6,8-10,12-13H,11H2,1H3. The van der Waals surface area contributed by atoms with E-state index in [1.54, 1.807) is 11.8 Å². The summed E-state index contributed by atoms with van der Waals surface area (Å²) in [6.07, 6.45) is 2.06. The number of hydrogen-bond acceptors (Lipinski definition) is 4. The number of hydrazine groups is 1. The summed E-state index contributed by atoms with van der Waals surface area (Å²) in [5, 5.41) is 0.292. The average Bonchev–Trinajstić information content (AvgIpc) is 2.61. The predicted octanol–water partition coefficient (Wildman–Crippen LogP) is 0.852. The summed E-state index contributed by atoms with van der Waals surface area (Å²) in [5.74, 6) is 0. The Morgan fingerprint density at radius 3 is 2.50 bits per heavy atom. The van der Waals surface area contributed by atoms with E-state index in [2.05, 4.69) is 29.2 Å². The van der Waals surface area contributed by atoms with Crippen LogP contribution >= 0.6 is 11.8 Å². The average molecular weight is 209 g/mol. The first-order valence-electron chi connectivity index (χ1n) is 4.67. The highest BCUT2D eigenvalue weighted by Gasteiger charge is 2.32. The molecule has 4 N–H and O–H groups in total. The largest absolute Gasteiger partial charge is 0.324 e. The van der Waals surface area contributed by atoms with E-state index in [-0.39, 0.29) is 12.1 Å². The second-order valence-corrected chi connectivity index (χ2v) is 4.39. The van der Waals surface area contributed by atoms with Crippen molar-refractivity contribution in [3.8, 4) is 0 Å². The third-order valence-electron chi connectivity index (χ3n) is 2.53. The molecule has 14 heavy (non-hydrogen) atoms. The minimum Gasteiger partial charge on any atom is -0.324 e. The molecule has 76 valence electrons. The Morgan fingerprint density at radius 2 is 1.93 bits per heavy atom. The number of rotatable bonds is 2. The molecule has 3 atom stereocenters. The lowest BCUT2D eigenvalue weighted by atomic mass is 10.0. The monoisotopic (exact) mass is 209 g/mol. The fourth-order valence-corrected chi connectivity index (χ4v) is 2.38. The van der Waals surface area contributed by atoms with Crippen molar-refractivity contribution in [2.24, 2.45) is 5.73 Å². The van der Waals surface area contributed by atoms with E-state index in [9.17, 15) is 0 Å². The number of nitrogens with two attached hydrogens (primary N) is 1. The molecule has 0 aliphatic carbocycles. The van der Waals surface area contributed by atoms with Gasteiger partial charge < -0.3 is 5.73 Å². The fourth-order valence-electron chi connectivity index (χ4n) is 1.72. The maximum Gasteiger partial charge on any atom is 0.0833 e. The van der Waals surface area contributed by atoms with Gasteiger partial charge in [-0.05, 0) is 11.8 Å². The molecular weight excluding hydrogens is 194 g/mol. The molecule has 0 amide bonds. The van der Waals surface area contributed by atoms with Crippen LogP contribution in [0.5, 0.6) is 0 Å². The third-order valence-corrected chi connectivity index (χ3v) is 3.47. The Labute approximate surface area is 88.4 Å². The minimum absolute atomic E-state index is 0.118. The number of thioether (sulfide) groups is 1. The van der Waals surface area contributed by atoms with Crippen molar-refractivity contribution >= 4 is 11.8 Å². The topological polar surface area (TPSA) is 50.1 Å². The van der Waals surface area contributed by atoms with Gasteiger partial charge in [0.25, 0.3) is 0 Å². The number of nitrogens with one attached hydrogen (secondary N) is 2. The first kappa shape index (κ1) is 9.98. The Balaban J connectivity index is 2.14. The van der Waals surface area contributed by atoms with Crippen molar-refractivity contribution in [1.82, 2.24) is 10.9 Å². The molecule has 1 aliphatic heterocycles. The molecule has 4 heteroatoms. The number of benzene rings is 1. The zero-order chi connectivity index (χ0) is 9.97. The Kier molecular flexibility index (Phi) is 3.08. The lowest BCUT2D eigenvalue weighted by Crippen LogP contribution is -2.35. The lowest BCUT2D eigenvalue weighted by Gasteiger charge is -2.17. The predicted molar refractivity (Wildman–Crippen MR) is 60.7 cm³/mol. The summed E-state index contributed by atoms with van der Waals surface area (Å²) in [5.41, 5.74) is 13.8. The molecule has 0 saturated carbocycles. The van der Waals surface area contributed by atoms with E-state index in [1.807, 2.05) is 18.2 Å². The van der Waals surface area contributed by atoms with Gasteiger partial charge in [-0.2, -0.15) is 0 Å². The molecule has 1 saturated heterocycles. The van der Waals surface area contributed by atoms with E-state index in [0.717, 1.165) is 0 Å². The SMILES string of the molecule is CSC1NNC(c2ccccc2)C1N. The van der Waals surface area contributed by atoms with Gasteiger partial charge in [0.2, 0.25) is 0 Å². The third kappa shape index (κ3) is 1.79. The van der Waals surface area contributed by atoms with Crippen LogP contribution in [-0.2, 0) is 0 Å². The van der Waals surface area contributed by atoms with Crippen LogP contribution in [0.2, 0.25) is 0 Å². The molecule has 1 fully saturated rings. The van der Waals surface area contributed by atoms with E-state index in [4.69, 9.17) is 5.73 Å². The fraction of sp³-hybridized carbons (Fsp3) is 0.400. The molecule has 1 heterocycles. The molecule has 1 aliphatic rings. The molecule has 0 spiro atoms. The highest BCUT2D eigenvalue weighted by molar-refractivity contribution is 7.99. The Bertz CT molecular complexity index is 291. The lowest BCUT2D eigenvalue weighted by molar-refractivity contribution is 0.551. The molecule has 3 nitrogen and oxygen atoms in total. The second-order valence-electron chi connectivity index (χ2n) is 3.41. The van der Waals surface area contributed by atoms with Crippen molar-refractivity contribution < 1.29 is 0 Å². The van der Waals surface area contributed by atoms with Crippen molar-refractivity contribution in [3.63, 3.8) is 0 Å². The summed E-state index contributed by atoms with van der Waals surface area (Å²) < 4.78 is 0. The summed E-state index contributed by atoms with van der Waals surface area (Å²) in [7, 11) is 0. The van der Waals surface area contributed by atoms with E-state index >= 15 is 0 Å². The number of hydrogen-bond donors (Lipinski definition) is 3. The Morgan fingerprint density at radius 1 is 1.21 bits per heavy atom. The summed E-state index contributed by atoms with van der Waals surface area (Å²) >= 11 is 1.74. The van der Waals surface area contributed by atoms with Gasteiger partial charge >= 0.3 is 0 Å². The van der Waals surface area contributed by atoms with Crippen molar-refractivity contribution in [3.05, 3.63) is 35.9 Å². The van der Waals surface area contributed by atoms with Crippen LogP contribution < -0.4 is 16.6 Å². The highest BCUT2D eigenvalue weighted by atomic mass is 32.2. The molecule has 0 radical (unpaired) electrons. The van der Waals surface area contributed by atoms with Gasteiger partial charge in [0.1, 0.15) is 0 Å². The van der Waals surface area contributed by atoms with Gasteiger partial charge in [-0.25, -0.2) is 10.9 Å². The van der Waals surface area contributed by atoms with Crippen LogP contribution in [0.25, 0.3) is 0 Å². The van der Waals surface area contributed by atoms with Crippen LogP contribution in [-0.4, -0.2) is 17.7 Å². The van der Waals surface area contributed by atoms with E-state index in [1.165, 1.54) is 5.56 Å². The summed E-state index contributed by atoms with van der Waals surface area (Å²) in [6, 6.07) is 10.6. The molecule has 1 aromatic rings. The van der Waals surface area contributed by atoms with Crippen molar-refractivity contribution in [1.29, 1.82) is 0 Å². The van der Waals surface area contributed by atoms with Crippen LogP contribution in [0.1, 0.15) is 11.6 Å². The Hall–Kier alpha value is -0.550. The maximum absolute atomic E-state index is 6.12. The van der Waals surface area contributed by atoms with Crippen molar-refractivity contribution in [2.45, 2.75) is 17.5 Å². The summed E-state index contributed by atoms with van der Waals surface area (Å²) in [6.45, 7) is 0. The molecule has 3 unspecified atom stereocenters. The van der Waals surface area contributed by atoms with Gasteiger partial charge in [0.05, 0.1) is 17.5 Å². The van der Waals surface area contributed by atoms with Crippen molar-refractivity contribution in [2.75, 3.05) is 6.26 Å². The molecule has 2 rings (SSSR count). The van der Waals surface area contributed by atoms with Gasteiger partial charge in [-0.1, -0.05) is 30.3 Å². The van der Waals surface area contributed by atoms with Gasteiger partial charge in [-0.15, -0.1) is 11.8 Å². The quantitative estimate of drug-likeness (QED) is 0.676. The maximum atomic E-state index is 6.12. The van der Waals surface area contributed by atoms with Gasteiger partial charge in [-0.3, -0.25) is 0 Å². The van der Waals surface area contributed by atoms with E-state index in [0.29, 0.717) is 5.37 Å². The zero-order valence-corrected chi connectivity index (χ0v) is 8.92. The molecule has 0 aromatic heterocycles. The normalized spacial score (nSPS) is 32.0. The van der Waals surface area contributed by atoms with Crippen LogP contribution in [0.15, 0.2) is 30.3 Å². The van der Waals surface area contributed by atoms with Gasteiger partial charge in [0.15, 0.2) is 0 Å². The van der Waals surface area contributed by atoms with Crippen LogP contribution in [0, 0.1) is 0 Å². The molecule has 0 bridgehead atoms. The zero-order valence-electron chi connectivity index (χ0n) is 8.10. The highest BCUT2D eigenvalue weighted by Crippen LogP contribution is 2.24. The minimum atomic E-state index is 0.118. The van der Waals surface area contributed by atoms with Crippen LogP contribution in [0.4, 0.5) is 0 Å². The van der Waals surface area contributed by atoms with Gasteiger partial charge in [0, 0.05) is 0 Å². The molecular formula is C10H15N3S. The first-order chi connectivity index (χ1) is 6.83. The first-order valence-corrected chi connectivity index (χ1v) is 5.96. The van der Waals surface area contributed by atoms with E-state index < -0.39 is 0 Å². The van der Waals surface area contributed by atoms with Crippen LogP contribution in [0.3, 0.4) is 0 Å².